The SMILES string of the molecule is C=C(CCC(=C)NC(CCCCN(N)/C=C(\N)CNCCCCC(=C)Nc1cccc2c(C(=C)NCC(=C)N3CC(F)(F)CC3C#N)ccnc12)C(=C)C)Nc1cccc2c(C(=C)NCC(=C)N3CCC(F)(F)C3)ccnc12. The predicted octanol–water partition coefficient (Wildman–Crippen LogP) is 10.8. The number of para-hydroxylation sites is 2. The number of likely N-dealkylation sites (tertiary alicyclic amines) is 2. The van der Waals surface area contributed by atoms with E-state index in [4.69, 9.17) is 11.6 Å². The van der Waals surface area contributed by atoms with Crippen molar-refractivity contribution in [3.05, 3.63) is 171 Å². The Morgan fingerprint density at radius 1 is 0.769 bits per heavy atom. The number of pyridine rings is 2. The van der Waals surface area contributed by atoms with Gasteiger partial charge >= 0.3 is 0 Å². The van der Waals surface area contributed by atoms with E-state index in [1.54, 1.807) is 28.5 Å². The van der Waals surface area contributed by atoms with Crippen molar-refractivity contribution < 1.29 is 17.6 Å². The van der Waals surface area contributed by atoms with E-state index in [1.165, 1.54) is 4.90 Å². The number of anilines is 2. The molecule has 2 saturated heterocycles. The molecule has 2 fully saturated rings. The Hall–Kier alpha value is -7.75. The van der Waals surface area contributed by atoms with Gasteiger partial charge in [-0.05, 0) is 89.1 Å². The molecule has 0 amide bonds. The number of aromatic nitrogens is 2. The topological polar surface area (TPSA) is 184 Å². The first-order valence-electron chi connectivity index (χ1n) is 26.4. The van der Waals surface area contributed by atoms with Gasteiger partial charge in [0.05, 0.1) is 54.7 Å². The van der Waals surface area contributed by atoms with Crippen molar-refractivity contribution in [3.63, 3.8) is 0 Å². The van der Waals surface area contributed by atoms with Gasteiger partial charge in [0.15, 0.2) is 0 Å². The Labute approximate surface area is 458 Å². The molecule has 6 rings (SSSR count). The van der Waals surface area contributed by atoms with Crippen LogP contribution in [0.15, 0.2) is 160 Å². The summed E-state index contributed by atoms with van der Waals surface area (Å²) in [5.74, 6) is 0.692. The molecule has 78 heavy (non-hydrogen) atoms. The van der Waals surface area contributed by atoms with E-state index >= 15 is 0 Å². The largest absolute Gasteiger partial charge is 0.400 e. The summed E-state index contributed by atoms with van der Waals surface area (Å²) in [4.78, 5) is 12.3. The number of halogens is 4. The maximum atomic E-state index is 14.0. The zero-order valence-corrected chi connectivity index (χ0v) is 45.2. The van der Waals surface area contributed by atoms with E-state index < -0.39 is 30.9 Å². The molecule has 0 aliphatic carbocycles. The van der Waals surface area contributed by atoms with Crippen LogP contribution in [0.25, 0.3) is 33.2 Å². The zero-order chi connectivity index (χ0) is 56.6. The van der Waals surface area contributed by atoms with E-state index in [-0.39, 0.29) is 32.1 Å². The lowest BCUT2D eigenvalue weighted by atomic mass is 10.0. The highest BCUT2D eigenvalue weighted by Crippen LogP contribution is 2.35. The van der Waals surface area contributed by atoms with Crippen molar-refractivity contribution in [2.24, 2.45) is 11.6 Å². The molecule has 0 saturated carbocycles. The molecule has 18 heteroatoms. The summed E-state index contributed by atoms with van der Waals surface area (Å²) in [6.45, 7) is 37.3. The molecule has 2 aromatic carbocycles. The monoisotopic (exact) mass is 1070 g/mol. The van der Waals surface area contributed by atoms with Crippen LogP contribution < -0.4 is 43.5 Å². The van der Waals surface area contributed by atoms with Crippen LogP contribution in [0, 0.1) is 11.3 Å². The minimum atomic E-state index is -2.93. The third-order valence-corrected chi connectivity index (χ3v) is 13.9. The van der Waals surface area contributed by atoms with E-state index in [9.17, 15) is 22.8 Å². The van der Waals surface area contributed by atoms with Gasteiger partial charge in [-0.25, -0.2) is 23.4 Å². The molecular weight excluding hydrogens is 993 g/mol. The number of allylic oxidation sites excluding steroid dienone is 3. The molecule has 0 radical (unpaired) electrons. The Balaban J connectivity index is 0.838. The van der Waals surface area contributed by atoms with E-state index in [1.807, 2.05) is 61.5 Å². The van der Waals surface area contributed by atoms with Crippen LogP contribution in [-0.2, 0) is 0 Å². The van der Waals surface area contributed by atoms with Gasteiger partial charge in [-0.2, -0.15) is 5.26 Å². The summed E-state index contributed by atoms with van der Waals surface area (Å²) in [5.41, 5.74) is 17.5. The second-order valence-corrected chi connectivity index (χ2v) is 20.5. The van der Waals surface area contributed by atoms with Gasteiger partial charge in [-0.3, -0.25) is 9.97 Å². The molecule has 4 heterocycles. The molecule has 2 aliphatic heterocycles. The van der Waals surface area contributed by atoms with E-state index in [0.717, 1.165) is 112 Å². The molecule has 2 atom stereocenters. The highest BCUT2D eigenvalue weighted by molar-refractivity contribution is 5.99. The minimum Gasteiger partial charge on any atom is -0.400 e. The molecule has 14 nitrogen and oxygen atoms in total. The van der Waals surface area contributed by atoms with Crippen molar-refractivity contribution >= 4 is 44.6 Å². The maximum Gasteiger partial charge on any atom is 0.268 e. The van der Waals surface area contributed by atoms with Gasteiger partial charge in [0.1, 0.15) is 6.04 Å². The number of rotatable bonds is 33. The maximum absolute atomic E-state index is 14.0. The first-order chi connectivity index (χ1) is 37.1. The number of nitriles is 1. The van der Waals surface area contributed by atoms with Crippen molar-refractivity contribution in [2.45, 2.75) is 95.1 Å². The smallest absolute Gasteiger partial charge is 0.268 e. The molecule has 2 unspecified atom stereocenters. The van der Waals surface area contributed by atoms with Crippen LogP contribution in [0.2, 0.25) is 0 Å². The van der Waals surface area contributed by atoms with Gasteiger partial charge in [0, 0.05) is 125 Å². The van der Waals surface area contributed by atoms with Crippen molar-refractivity contribution in [3.8, 4) is 6.07 Å². The summed E-state index contributed by atoms with van der Waals surface area (Å²) in [7, 11) is 0. The van der Waals surface area contributed by atoms with Gasteiger partial charge in [-0.1, -0.05) is 82.5 Å². The van der Waals surface area contributed by atoms with Gasteiger partial charge in [0.2, 0.25) is 0 Å². The second kappa shape index (κ2) is 27.5. The third-order valence-electron chi connectivity index (χ3n) is 13.9. The number of nitrogens with two attached hydrogens (primary N) is 2. The van der Waals surface area contributed by atoms with Gasteiger partial charge in [0.25, 0.3) is 11.8 Å². The number of hydrogen-bond donors (Lipinski definition) is 8. The fourth-order valence-electron chi connectivity index (χ4n) is 9.53. The van der Waals surface area contributed by atoms with Crippen LogP contribution in [0.1, 0.15) is 82.3 Å². The standard InChI is InChI=1S/C60H78F4N14/c1-40(2)54(73-42(4)22-23-43(5)75-56-21-15-18-52-50(24-28-70-58(52)56)46(8)71-34-44(6)76-31-26-59(61,62)38-76)19-11-13-30-77(67)37-48(66)36-68-27-12-10-16-41(3)74-55-20-14-17-53-51(25-29-69-57(53)55)47(9)72-35-45(7)78-39-60(63,64)32-49(78)33-65/h14-15,17-18,20-21,24-25,28-29,37,49,54,68,71-75H,1,3-13,16,19,22-23,26-27,30-32,34-36,38-39,66-67H2,2H3/b48-37-. The average Bonchev–Trinajstić information content (AvgIpc) is 4.05. The number of hydrogen-bond acceptors (Lipinski definition) is 14. The summed E-state index contributed by atoms with van der Waals surface area (Å²) in [6, 6.07) is 16.5. The highest BCUT2D eigenvalue weighted by Gasteiger charge is 2.45. The predicted molar refractivity (Wildman–Crippen MR) is 312 cm³/mol. The highest BCUT2D eigenvalue weighted by atomic mass is 19.3. The number of alkyl halides is 4. The molecule has 4 aromatic rings. The second-order valence-electron chi connectivity index (χ2n) is 20.5. The Morgan fingerprint density at radius 2 is 1.36 bits per heavy atom. The number of unbranched alkanes of at least 4 members (excludes halogenated alkanes) is 2. The fourth-order valence-corrected chi connectivity index (χ4v) is 9.53. The first kappa shape index (κ1) is 59.5. The van der Waals surface area contributed by atoms with Crippen molar-refractivity contribution in [1.29, 1.82) is 5.26 Å². The fraction of sp³-hybridized carbons (Fsp3) is 0.383. The lowest BCUT2D eigenvalue weighted by Gasteiger charge is -2.25. The van der Waals surface area contributed by atoms with Crippen LogP contribution in [0.5, 0.6) is 0 Å². The number of nitrogens with zero attached hydrogens (tertiary/aromatic N) is 6. The molecular formula is C60H78F4N14. The Bertz CT molecular complexity index is 2940. The van der Waals surface area contributed by atoms with Crippen LogP contribution >= 0.6 is 0 Å². The van der Waals surface area contributed by atoms with Crippen molar-refractivity contribution in [2.75, 3.05) is 63.0 Å². The zero-order valence-electron chi connectivity index (χ0n) is 45.2. The lowest BCUT2D eigenvalue weighted by molar-refractivity contribution is 0.0142. The summed E-state index contributed by atoms with van der Waals surface area (Å²) >= 11 is 0. The molecule has 0 spiro atoms. The van der Waals surface area contributed by atoms with Crippen molar-refractivity contribution in [1.82, 2.24) is 46.0 Å². The van der Waals surface area contributed by atoms with E-state index in [2.05, 4.69) is 94.5 Å². The number of fused-ring (bicyclic) bond motifs is 2. The summed E-state index contributed by atoms with van der Waals surface area (Å²) in [6.07, 6.45) is 11.0. The summed E-state index contributed by atoms with van der Waals surface area (Å²) in [5, 5.41) is 33.1. The molecule has 416 valence electrons. The Kier molecular flexibility index (Phi) is 21.0. The third kappa shape index (κ3) is 17.1. The molecule has 10 N–H and O–H groups in total. The summed E-state index contributed by atoms with van der Waals surface area (Å²) < 4.78 is 55.6. The van der Waals surface area contributed by atoms with Crippen LogP contribution in [0.4, 0.5) is 28.9 Å². The number of hydrazine groups is 1. The van der Waals surface area contributed by atoms with Gasteiger partial charge < -0.3 is 52.4 Å². The molecule has 2 aliphatic rings. The Morgan fingerprint density at radius 3 is 1.94 bits per heavy atom. The van der Waals surface area contributed by atoms with Gasteiger partial charge in [-0.15, -0.1) is 0 Å². The minimum absolute atomic E-state index is 0.0562. The normalized spacial score (nSPS) is 16.0. The average molecular weight is 1070 g/mol. The van der Waals surface area contributed by atoms with E-state index in [0.29, 0.717) is 61.0 Å². The van der Waals surface area contributed by atoms with Crippen LogP contribution in [-0.4, -0.2) is 101 Å². The quantitative estimate of drug-likeness (QED) is 0.00741. The van der Waals surface area contributed by atoms with Crippen LogP contribution in [0.3, 0.4) is 0 Å². The number of benzene rings is 2. The first-order valence-corrected chi connectivity index (χ1v) is 26.4. The molecule has 2 aromatic heterocycles. The number of nitrogens with one attached hydrogen (secondary N) is 6. The lowest BCUT2D eigenvalue weighted by Crippen LogP contribution is -2.33. The molecule has 0 bridgehead atoms.